The maximum absolute atomic E-state index is 12.2. The number of fused-ring (bicyclic) bond motifs is 1. The number of carbonyl (C=O) groups excluding carboxylic acids is 1. The fourth-order valence-corrected chi connectivity index (χ4v) is 3.89. The number of benzene rings is 2. The Hall–Kier alpha value is -2.71. The van der Waals surface area contributed by atoms with E-state index in [0.29, 0.717) is 24.4 Å². The van der Waals surface area contributed by atoms with Crippen LogP contribution in [0.25, 0.3) is 16.3 Å². The second kappa shape index (κ2) is 8.12. The van der Waals surface area contributed by atoms with Crippen molar-refractivity contribution in [1.82, 2.24) is 19.9 Å². The lowest BCUT2D eigenvalue weighted by Crippen LogP contribution is -2.25. The molecule has 2 aromatic carbocycles. The number of methoxy groups -OCH3 is 1. The molecule has 0 aliphatic carbocycles. The summed E-state index contributed by atoms with van der Waals surface area (Å²) < 4.78 is 7.98. The lowest BCUT2D eigenvalue weighted by molar-refractivity contribution is 0.0954. The van der Waals surface area contributed by atoms with Gasteiger partial charge in [-0.1, -0.05) is 15.9 Å². The zero-order chi connectivity index (χ0) is 19.5. The number of rotatable bonds is 6. The Labute approximate surface area is 174 Å². The molecule has 0 aliphatic rings. The van der Waals surface area contributed by atoms with Crippen LogP contribution in [0.1, 0.15) is 16.1 Å². The van der Waals surface area contributed by atoms with Gasteiger partial charge in [0.05, 0.1) is 12.8 Å². The molecule has 4 aromatic rings. The van der Waals surface area contributed by atoms with Crippen molar-refractivity contribution in [2.45, 2.75) is 6.42 Å². The summed E-state index contributed by atoms with van der Waals surface area (Å²) in [6.07, 6.45) is 0.674. The summed E-state index contributed by atoms with van der Waals surface area (Å²) in [5.41, 5.74) is 2.59. The van der Waals surface area contributed by atoms with Crippen molar-refractivity contribution in [2.24, 2.45) is 0 Å². The van der Waals surface area contributed by atoms with Gasteiger partial charge in [0.1, 0.15) is 5.75 Å². The van der Waals surface area contributed by atoms with E-state index in [0.717, 1.165) is 26.4 Å². The summed E-state index contributed by atoms with van der Waals surface area (Å²) in [4.78, 5) is 17.6. The molecule has 0 spiro atoms. The highest BCUT2D eigenvalue weighted by atomic mass is 79.9. The highest BCUT2D eigenvalue weighted by Gasteiger charge is 2.12. The van der Waals surface area contributed by atoms with Gasteiger partial charge in [0.25, 0.3) is 5.91 Å². The van der Waals surface area contributed by atoms with Gasteiger partial charge >= 0.3 is 0 Å². The van der Waals surface area contributed by atoms with Crippen LogP contribution in [0.2, 0.25) is 0 Å². The van der Waals surface area contributed by atoms with Crippen LogP contribution in [0.15, 0.2) is 58.4 Å². The van der Waals surface area contributed by atoms with Gasteiger partial charge in [-0.3, -0.25) is 4.79 Å². The van der Waals surface area contributed by atoms with Crippen molar-refractivity contribution < 1.29 is 9.53 Å². The maximum Gasteiger partial charge on any atom is 0.251 e. The first-order chi connectivity index (χ1) is 13.6. The van der Waals surface area contributed by atoms with Gasteiger partial charge in [0, 0.05) is 33.9 Å². The highest BCUT2D eigenvalue weighted by molar-refractivity contribution is 9.10. The van der Waals surface area contributed by atoms with E-state index in [1.807, 2.05) is 46.3 Å². The first-order valence-corrected chi connectivity index (χ1v) is 10.3. The van der Waals surface area contributed by atoms with Crippen LogP contribution in [0.4, 0.5) is 0 Å². The van der Waals surface area contributed by atoms with Crippen LogP contribution >= 0.6 is 27.3 Å². The number of carbonyl (C=O) groups is 1. The van der Waals surface area contributed by atoms with Crippen LogP contribution in [-0.2, 0) is 6.42 Å². The summed E-state index contributed by atoms with van der Waals surface area (Å²) in [7, 11) is 1.64. The molecule has 28 heavy (non-hydrogen) atoms. The molecule has 1 N–H and O–H groups in total. The van der Waals surface area contributed by atoms with E-state index < -0.39 is 0 Å². The number of nitrogens with one attached hydrogen (secondary N) is 1. The molecule has 2 heterocycles. The molecule has 0 radical (unpaired) electrons. The Kier molecular flexibility index (Phi) is 5.40. The molecule has 0 aliphatic heterocycles. The van der Waals surface area contributed by atoms with Crippen molar-refractivity contribution in [1.29, 1.82) is 0 Å². The predicted molar refractivity (Wildman–Crippen MR) is 113 cm³/mol. The molecule has 0 saturated heterocycles. The lowest BCUT2D eigenvalue weighted by atomic mass is 10.2. The van der Waals surface area contributed by atoms with Crippen molar-refractivity contribution in [3.05, 3.63) is 69.6 Å². The Morgan fingerprint density at radius 3 is 2.64 bits per heavy atom. The van der Waals surface area contributed by atoms with Crippen molar-refractivity contribution in [3.63, 3.8) is 0 Å². The third kappa shape index (κ3) is 3.93. The van der Waals surface area contributed by atoms with E-state index in [2.05, 4.69) is 31.3 Å². The molecule has 0 unspecified atom stereocenters. The molecule has 0 atom stereocenters. The largest absolute Gasteiger partial charge is 0.497 e. The minimum Gasteiger partial charge on any atom is -0.497 e. The van der Waals surface area contributed by atoms with Crippen molar-refractivity contribution in [2.75, 3.05) is 13.7 Å². The number of ether oxygens (including phenoxy) is 1. The Morgan fingerprint density at radius 2 is 1.93 bits per heavy atom. The number of hydrogen-bond acceptors (Lipinski definition) is 5. The Morgan fingerprint density at radius 1 is 1.18 bits per heavy atom. The standard InChI is InChI=1S/C20H17BrN4O2S/c1-27-17-8-4-13(5-9-17)18-23-20-25(24-18)16(12-28-20)10-11-22-19(26)14-2-6-15(21)7-3-14/h2-9,12H,10-11H2,1H3,(H,22,26). The smallest absolute Gasteiger partial charge is 0.251 e. The molecule has 2 aromatic heterocycles. The third-order valence-corrected chi connectivity index (χ3v) is 5.66. The number of aromatic nitrogens is 3. The van der Waals surface area contributed by atoms with Crippen molar-refractivity contribution in [3.8, 4) is 17.1 Å². The summed E-state index contributed by atoms with van der Waals surface area (Å²) in [6.45, 7) is 0.526. The van der Waals surface area contributed by atoms with Gasteiger partial charge in [0.2, 0.25) is 4.96 Å². The third-order valence-electron chi connectivity index (χ3n) is 4.27. The van der Waals surface area contributed by atoms with Crippen LogP contribution < -0.4 is 10.1 Å². The normalized spacial score (nSPS) is 10.9. The van der Waals surface area contributed by atoms with Crippen LogP contribution in [-0.4, -0.2) is 34.2 Å². The highest BCUT2D eigenvalue weighted by Crippen LogP contribution is 2.23. The zero-order valence-corrected chi connectivity index (χ0v) is 17.5. The predicted octanol–water partition coefficient (Wildman–Crippen LogP) is 4.20. The molecule has 6 nitrogen and oxygen atoms in total. The van der Waals surface area contributed by atoms with Gasteiger partial charge in [-0.05, 0) is 48.5 Å². The zero-order valence-electron chi connectivity index (χ0n) is 15.1. The number of amides is 1. The van der Waals surface area contributed by atoms with E-state index in [1.165, 1.54) is 0 Å². The first-order valence-electron chi connectivity index (χ1n) is 8.65. The summed E-state index contributed by atoms with van der Waals surface area (Å²) >= 11 is 4.91. The van der Waals surface area contributed by atoms with Crippen LogP contribution in [0.5, 0.6) is 5.75 Å². The average molecular weight is 457 g/mol. The van der Waals surface area contributed by atoms with Gasteiger partial charge in [0.15, 0.2) is 5.82 Å². The molecule has 0 bridgehead atoms. The molecular formula is C20H17BrN4O2S. The number of nitrogens with zero attached hydrogens (tertiary/aromatic N) is 3. The molecule has 0 fully saturated rings. The van der Waals surface area contributed by atoms with Gasteiger partial charge in [-0.2, -0.15) is 4.98 Å². The van der Waals surface area contributed by atoms with Crippen LogP contribution in [0.3, 0.4) is 0 Å². The van der Waals surface area contributed by atoms with E-state index in [-0.39, 0.29) is 5.91 Å². The molecular weight excluding hydrogens is 440 g/mol. The first kappa shape index (κ1) is 18.6. The molecule has 0 saturated carbocycles. The molecule has 4 rings (SSSR count). The second-order valence-electron chi connectivity index (χ2n) is 6.10. The van der Waals surface area contributed by atoms with Crippen molar-refractivity contribution >= 4 is 38.1 Å². The van der Waals surface area contributed by atoms with E-state index >= 15 is 0 Å². The molecule has 142 valence electrons. The van der Waals surface area contributed by atoms with Gasteiger partial charge in [-0.25, -0.2) is 4.52 Å². The number of thiazole rings is 1. The van der Waals surface area contributed by atoms with E-state index in [9.17, 15) is 4.79 Å². The maximum atomic E-state index is 12.2. The average Bonchev–Trinajstić information content (AvgIpc) is 3.30. The Balaban J connectivity index is 1.43. The fraction of sp³-hybridized carbons (Fsp3) is 0.150. The SMILES string of the molecule is COc1ccc(-c2nc3scc(CCNC(=O)c4ccc(Br)cc4)n3n2)cc1. The second-order valence-corrected chi connectivity index (χ2v) is 7.85. The number of hydrogen-bond donors (Lipinski definition) is 1. The fourth-order valence-electron chi connectivity index (χ4n) is 2.77. The summed E-state index contributed by atoms with van der Waals surface area (Å²) in [5, 5.41) is 9.60. The molecule has 1 amide bonds. The van der Waals surface area contributed by atoms with Crippen LogP contribution in [0, 0.1) is 0 Å². The monoisotopic (exact) mass is 456 g/mol. The lowest BCUT2D eigenvalue weighted by Gasteiger charge is -2.05. The minimum atomic E-state index is -0.0866. The number of halogens is 1. The minimum absolute atomic E-state index is 0.0866. The van der Waals surface area contributed by atoms with Gasteiger partial charge < -0.3 is 10.1 Å². The Bertz CT molecular complexity index is 1100. The summed E-state index contributed by atoms with van der Waals surface area (Å²) in [6, 6.07) is 15.0. The van der Waals surface area contributed by atoms with E-state index in [4.69, 9.17) is 4.74 Å². The topological polar surface area (TPSA) is 68.5 Å². The summed E-state index contributed by atoms with van der Waals surface area (Å²) in [5.74, 6) is 1.39. The molecule has 8 heteroatoms. The van der Waals surface area contributed by atoms with Gasteiger partial charge in [-0.15, -0.1) is 16.4 Å². The van der Waals surface area contributed by atoms with E-state index in [1.54, 1.807) is 30.6 Å². The quantitative estimate of drug-likeness (QED) is 0.471.